The minimum absolute atomic E-state index is 0.209. The van der Waals surface area contributed by atoms with Crippen LogP contribution < -0.4 is 0 Å². The molecule has 0 heterocycles. The van der Waals surface area contributed by atoms with E-state index in [9.17, 15) is 4.79 Å². The maximum atomic E-state index is 10.7. The normalized spacial score (nSPS) is 11.6. The summed E-state index contributed by atoms with van der Waals surface area (Å²) in [6, 6.07) is 6.21. The van der Waals surface area contributed by atoms with Crippen LogP contribution in [0.2, 0.25) is 0 Å². The van der Waals surface area contributed by atoms with Crippen molar-refractivity contribution in [2.45, 2.75) is 26.7 Å². The molecule has 2 N–H and O–H groups in total. The number of hydrogen-bond acceptors (Lipinski definition) is 3. The lowest BCUT2D eigenvalue weighted by molar-refractivity contribution is 0.0697. The number of carboxylic acids is 1. The Morgan fingerprint density at radius 1 is 1.26 bits per heavy atom. The number of carboxylic acid groups (broad SMARTS) is 1. The van der Waals surface area contributed by atoms with E-state index in [4.69, 9.17) is 14.9 Å². The van der Waals surface area contributed by atoms with Crippen molar-refractivity contribution in [1.82, 2.24) is 0 Å². The summed E-state index contributed by atoms with van der Waals surface area (Å²) in [4.78, 5) is 10.7. The van der Waals surface area contributed by atoms with Crippen molar-refractivity contribution >= 4 is 11.7 Å². The molecule has 1 aromatic rings. The molecule has 0 saturated carbocycles. The van der Waals surface area contributed by atoms with Gasteiger partial charge < -0.3 is 14.9 Å². The quantitative estimate of drug-likeness (QED) is 0.582. The summed E-state index contributed by atoms with van der Waals surface area (Å²) in [6.45, 7) is 4.83. The van der Waals surface area contributed by atoms with Crippen molar-refractivity contribution in [2.24, 2.45) is 5.92 Å². The molecule has 19 heavy (non-hydrogen) atoms. The fourth-order valence-electron chi connectivity index (χ4n) is 1.65. The molecule has 0 saturated heterocycles. The van der Waals surface area contributed by atoms with E-state index in [1.54, 1.807) is 12.1 Å². The van der Waals surface area contributed by atoms with Crippen molar-refractivity contribution in [1.29, 1.82) is 0 Å². The minimum Gasteiger partial charge on any atom is -0.512 e. The summed E-state index contributed by atoms with van der Waals surface area (Å²) < 4.78 is 5.49. The number of carbonyl (C=O) groups is 1. The lowest BCUT2D eigenvalue weighted by Crippen LogP contribution is -1.99. The number of aliphatic hydroxyl groups excluding tert-OH is 1. The highest BCUT2D eigenvalue weighted by molar-refractivity contribution is 5.87. The van der Waals surface area contributed by atoms with Gasteiger partial charge in [0.05, 0.1) is 12.2 Å². The molecule has 0 radical (unpaired) electrons. The zero-order valence-electron chi connectivity index (χ0n) is 11.3. The van der Waals surface area contributed by atoms with Gasteiger partial charge in [-0.2, -0.15) is 0 Å². The summed E-state index contributed by atoms with van der Waals surface area (Å²) in [5.41, 5.74) is 0.873. The summed E-state index contributed by atoms with van der Waals surface area (Å²) in [7, 11) is 0. The lowest BCUT2D eigenvalue weighted by atomic mass is 10.1. The van der Waals surface area contributed by atoms with Gasteiger partial charge in [-0.25, -0.2) is 4.79 Å². The Morgan fingerprint density at radius 3 is 2.32 bits per heavy atom. The molecule has 0 amide bonds. The first kappa shape index (κ1) is 15.1. The molecular weight excluding hydrogens is 244 g/mol. The lowest BCUT2D eigenvalue weighted by Gasteiger charge is -2.10. The fourth-order valence-corrected chi connectivity index (χ4v) is 1.65. The second-order valence-corrected chi connectivity index (χ2v) is 4.76. The van der Waals surface area contributed by atoms with Crippen LogP contribution in [-0.4, -0.2) is 22.8 Å². The van der Waals surface area contributed by atoms with Crippen molar-refractivity contribution in [3.05, 3.63) is 41.7 Å². The third kappa shape index (κ3) is 5.04. The van der Waals surface area contributed by atoms with Crippen LogP contribution in [0.15, 0.2) is 30.5 Å². The molecular formula is C15H20O4. The minimum atomic E-state index is -0.973. The third-order valence-corrected chi connectivity index (χ3v) is 2.72. The Labute approximate surface area is 113 Å². The molecule has 0 atom stereocenters. The van der Waals surface area contributed by atoms with E-state index in [-0.39, 0.29) is 5.56 Å². The van der Waals surface area contributed by atoms with Gasteiger partial charge in [0.2, 0.25) is 0 Å². The van der Waals surface area contributed by atoms with Crippen molar-refractivity contribution in [2.75, 3.05) is 6.61 Å². The van der Waals surface area contributed by atoms with Crippen LogP contribution >= 0.6 is 0 Å². The van der Waals surface area contributed by atoms with Gasteiger partial charge >= 0.3 is 5.97 Å². The van der Waals surface area contributed by atoms with Crippen molar-refractivity contribution in [3.63, 3.8) is 0 Å². The van der Waals surface area contributed by atoms with Crippen LogP contribution in [0, 0.1) is 5.92 Å². The first-order chi connectivity index (χ1) is 9.04. The SMILES string of the molecule is CC(C)CCCO/C(=C\O)c1ccc(C(=O)O)cc1. The van der Waals surface area contributed by atoms with Gasteiger partial charge in [0.25, 0.3) is 0 Å². The van der Waals surface area contributed by atoms with E-state index in [0.29, 0.717) is 23.8 Å². The van der Waals surface area contributed by atoms with Gasteiger partial charge in [0, 0.05) is 5.56 Å². The smallest absolute Gasteiger partial charge is 0.335 e. The third-order valence-electron chi connectivity index (χ3n) is 2.72. The van der Waals surface area contributed by atoms with Crippen molar-refractivity contribution < 1.29 is 19.7 Å². The zero-order valence-corrected chi connectivity index (χ0v) is 11.3. The Kier molecular flexibility index (Phi) is 5.93. The van der Waals surface area contributed by atoms with Crippen LogP contribution in [-0.2, 0) is 4.74 Å². The summed E-state index contributed by atoms with van der Waals surface area (Å²) in [5.74, 6) is 0.0135. The van der Waals surface area contributed by atoms with E-state index >= 15 is 0 Å². The summed E-state index contributed by atoms with van der Waals surface area (Å²) in [6.07, 6.45) is 2.89. The molecule has 104 valence electrons. The van der Waals surface area contributed by atoms with Gasteiger partial charge in [0.15, 0.2) is 5.76 Å². The molecule has 0 bridgehead atoms. The highest BCUT2D eigenvalue weighted by atomic mass is 16.5. The highest BCUT2D eigenvalue weighted by Gasteiger charge is 2.06. The zero-order chi connectivity index (χ0) is 14.3. The molecule has 0 spiro atoms. The Morgan fingerprint density at radius 2 is 1.84 bits per heavy atom. The van der Waals surface area contributed by atoms with E-state index in [0.717, 1.165) is 19.1 Å². The molecule has 0 aliphatic heterocycles. The summed E-state index contributed by atoms with van der Waals surface area (Å²) >= 11 is 0. The molecule has 0 aliphatic rings. The van der Waals surface area contributed by atoms with Crippen LogP contribution in [0.25, 0.3) is 5.76 Å². The molecule has 0 unspecified atom stereocenters. The topological polar surface area (TPSA) is 66.8 Å². The second kappa shape index (κ2) is 7.46. The molecule has 4 heteroatoms. The average molecular weight is 264 g/mol. The maximum absolute atomic E-state index is 10.7. The van der Waals surface area contributed by atoms with Crippen LogP contribution in [0.3, 0.4) is 0 Å². The van der Waals surface area contributed by atoms with E-state index in [2.05, 4.69) is 13.8 Å². The van der Waals surface area contributed by atoms with Crippen LogP contribution in [0.4, 0.5) is 0 Å². The van der Waals surface area contributed by atoms with Gasteiger partial charge in [-0.15, -0.1) is 0 Å². The predicted octanol–water partition coefficient (Wildman–Crippen LogP) is 3.69. The van der Waals surface area contributed by atoms with Crippen molar-refractivity contribution in [3.8, 4) is 0 Å². The first-order valence-corrected chi connectivity index (χ1v) is 6.35. The second-order valence-electron chi connectivity index (χ2n) is 4.76. The maximum Gasteiger partial charge on any atom is 0.335 e. The van der Waals surface area contributed by atoms with Crippen LogP contribution in [0.1, 0.15) is 42.6 Å². The van der Waals surface area contributed by atoms with Gasteiger partial charge in [0.1, 0.15) is 6.26 Å². The fraction of sp³-hybridized carbons (Fsp3) is 0.400. The molecule has 0 aliphatic carbocycles. The number of ether oxygens (including phenoxy) is 1. The Bertz CT molecular complexity index is 432. The Balaban J connectivity index is 2.58. The van der Waals surface area contributed by atoms with Gasteiger partial charge in [-0.3, -0.25) is 0 Å². The van der Waals surface area contributed by atoms with E-state index in [1.807, 2.05) is 0 Å². The molecule has 4 nitrogen and oxygen atoms in total. The number of hydrogen-bond donors (Lipinski definition) is 2. The summed E-state index contributed by atoms with van der Waals surface area (Å²) in [5, 5.41) is 18.0. The molecule has 1 aromatic carbocycles. The number of rotatable bonds is 7. The predicted molar refractivity (Wildman–Crippen MR) is 74.0 cm³/mol. The number of benzene rings is 1. The van der Waals surface area contributed by atoms with E-state index < -0.39 is 5.97 Å². The van der Waals surface area contributed by atoms with Crippen LogP contribution in [0.5, 0.6) is 0 Å². The first-order valence-electron chi connectivity index (χ1n) is 6.35. The Hall–Kier alpha value is -1.97. The molecule has 0 aromatic heterocycles. The van der Waals surface area contributed by atoms with E-state index in [1.165, 1.54) is 12.1 Å². The number of aromatic carboxylic acids is 1. The van der Waals surface area contributed by atoms with Gasteiger partial charge in [-0.05, 0) is 30.9 Å². The number of aliphatic hydroxyl groups is 1. The monoisotopic (exact) mass is 264 g/mol. The largest absolute Gasteiger partial charge is 0.512 e. The van der Waals surface area contributed by atoms with Gasteiger partial charge in [-0.1, -0.05) is 26.0 Å². The average Bonchev–Trinajstić information content (AvgIpc) is 2.39. The highest BCUT2D eigenvalue weighted by Crippen LogP contribution is 2.17. The standard InChI is InChI=1S/C15H20O4/c1-11(2)4-3-9-19-14(10-16)12-5-7-13(8-6-12)15(17)18/h5-8,10-11,16H,3-4,9H2,1-2H3,(H,17,18)/b14-10-. The molecule has 1 rings (SSSR count). The molecule has 0 fully saturated rings.